The maximum Gasteiger partial charge on any atom is 0.116 e. The molecule has 1 aliphatic rings. The first-order valence-corrected chi connectivity index (χ1v) is 6.66. The van der Waals surface area contributed by atoms with Crippen LogP contribution in [0.1, 0.15) is 24.0 Å². The molecule has 2 rings (SSSR count). The molecule has 1 aromatic carbocycles. The highest BCUT2D eigenvalue weighted by Gasteiger charge is 2.31. The van der Waals surface area contributed by atoms with E-state index in [0.29, 0.717) is 19.3 Å². The normalized spacial score (nSPS) is 20.1. The fraction of sp³-hybridized carbons (Fsp3) is 0.538. The van der Waals surface area contributed by atoms with Gasteiger partial charge in [0.05, 0.1) is 0 Å². The number of thioether (sulfide) groups is 1. The van der Waals surface area contributed by atoms with Crippen molar-refractivity contribution in [1.29, 1.82) is 0 Å². The minimum atomic E-state index is -0.945. The van der Waals surface area contributed by atoms with E-state index >= 15 is 0 Å². The van der Waals surface area contributed by atoms with Crippen LogP contribution in [0.5, 0.6) is 0 Å². The molecule has 0 spiro atoms. The Morgan fingerprint density at radius 2 is 2.07 bits per heavy atom. The van der Waals surface area contributed by atoms with Gasteiger partial charge in [-0.25, -0.2) is 4.39 Å². The second-order valence-corrected chi connectivity index (χ2v) is 5.65. The first-order chi connectivity index (χ1) is 7.18. The molecule has 0 saturated carbocycles. The van der Waals surface area contributed by atoms with Crippen molar-refractivity contribution < 1.29 is 4.39 Å². The second-order valence-electron chi connectivity index (χ2n) is 4.43. The van der Waals surface area contributed by atoms with Crippen LogP contribution in [0.15, 0.2) is 24.3 Å². The molecule has 0 aliphatic carbocycles. The van der Waals surface area contributed by atoms with E-state index < -0.39 is 5.67 Å². The highest BCUT2D eigenvalue weighted by molar-refractivity contribution is 7.99. The minimum Gasteiger partial charge on any atom is -0.243 e. The van der Waals surface area contributed by atoms with E-state index in [1.807, 2.05) is 23.9 Å². The summed E-state index contributed by atoms with van der Waals surface area (Å²) in [4.78, 5) is 0. The van der Waals surface area contributed by atoms with E-state index in [2.05, 4.69) is 19.1 Å². The molecule has 82 valence electrons. The molecule has 15 heavy (non-hydrogen) atoms. The lowest BCUT2D eigenvalue weighted by Crippen LogP contribution is -2.30. The third-order valence-corrected chi connectivity index (χ3v) is 3.98. The zero-order valence-corrected chi connectivity index (χ0v) is 9.95. The summed E-state index contributed by atoms with van der Waals surface area (Å²) in [6.45, 7) is 2.06. The molecule has 0 amide bonds. The van der Waals surface area contributed by atoms with Gasteiger partial charge in [0.15, 0.2) is 0 Å². The fourth-order valence-electron chi connectivity index (χ4n) is 2.10. The molecular formula is C13H17FS. The summed E-state index contributed by atoms with van der Waals surface area (Å²) < 4.78 is 14.4. The molecule has 0 radical (unpaired) electrons. The summed E-state index contributed by atoms with van der Waals surface area (Å²) >= 11 is 1.87. The van der Waals surface area contributed by atoms with Crippen LogP contribution < -0.4 is 0 Å². The van der Waals surface area contributed by atoms with Gasteiger partial charge < -0.3 is 0 Å². The molecule has 0 atom stereocenters. The molecule has 0 unspecified atom stereocenters. The Balaban J connectivity index is 2.06. The topological polar surface area (TPSA) is 0 Å². The molecular weight excluding hydrogens is 207 g/mol. The van der Waals surface area contributed by atoms with Gasteiger partial charge in [0.2, 0.25) is 0 Å². The standard InChI is InChI=1S/C13H17FS/c1-11-3-2-4-12(9-11)10-13(14)5-7-15-8-6-13/h2-4,9H,5-8,10H2,1H3. The zero-order valence-electron chi connectivity index (χ0n) is 9.13. The summed E-state index contributed by atoms with van der Waals surface area (Å²) in [6.07, 6.45) is 2.02. The number of hydrogen-bond donors (Lipinski definition) is 0. The Bertz CT molecular complexity index is 329. The quantitative estimate of drug-likeness (QED) is 0.737. The summed E-state index contributed by atoms with van der Waals surface area (Å²) in [5.74, 6) is 1.95. The monoisotopic (exact) mass is 224 g/mol. The Hall–Kier alpha value is -0.500. The Morgan fingerprint density at radius 1 is 1.33 bits per heavy atom. The number of halogens is 1. The van der Waals surface area contributed by atoms with Gasteiger partial charge in [-0.15, -0.1) is 0 Å². The smallest absolute Gasteiger partial charge is 0.116 e. The molecule has 1 heterocycles. The van der Waals surface area contributed by atoms with E-state index in [1.54, 1.807) is 0 Å². The summed E-state index contributed by atoms with van der Waals surface area (Å²) in [6, 6.07) is 8.22. The van der Waals surface area contributed by atoms with Gasteiger partial charge in [-0.05, 0) is 36.8 Å². The number of benzene rings is 1. The van der Waals surface area contributed by atoms with Crippen LogP contribution >= 0.6 is 11.8 Å². The number of rotatable bonds is 2. The second kappa shape index (κ2) is 4.56. The molecule has 0 aromatic heterocycles. The summed E-state index contributed by atoms with van der Waals surface area (Å²) in [5.41, 5.74) is 1.42. The van der Waals surface area contributed by atoms with Crippen LogP contribution in [0.25, 0.3) is 0 Å². The van der Waals surface area contributed by atoms with E-state index in [1.165, 1.54) is 5.56 Å². The van der Waals surface area contributed by atoms with Crippen molar-refractivity contribution in [3.05, 3.63) is 35.4 Å². The molecule has 0 N–H and O–H groups in total. The predicted octanol–water partition coefficient (Wildman–Crippen LogP) is 3.77. The SMILES string of the molecule is Cc1cccc(CC2(F)CCSCC2)c1. The summed E-state index contributed by atoms with van der Waals surface area (Å²) in [7, 11) is 0. The lowest BCUT2D eigenvalue weighted by molar-refractivity contribution is 0.150. The van der Waals surface area contributed by atoms with Gasteiger partial charge in [0.25, 0.3) is 0 Å². The van der Waals surface area contributed by atoms with Crippen LogP contribution in [0.4, 0.5) is 4.39 Å². The van der Waals surface area contributed by atoms with E-state index in [0.717, 1.165) is 17.1 Å². The van der Waals surface area contributed by atoms with Crippen molar-refractivity contribution >= 4 is 11.8 Å². The molecule has 2 heteroatoms. The molecule has 0 bridgehead atoms. The van der Waals surface area contributed by atoms with Gasteiger partial charge in [0.1, 0.15) is 5.67 Å². The van der Waals surface area contributed by atoms with Crippen LogP contribution in [0.2, 0.25) is 0 Å². The fourth-order valence-corrected chi connectivity index (χ4v) is 3.33. The Labute approximate surface area is 95.3 Å². The minimum absolute atomic E-state index is 0.592. The van der Waals surface area contributed by atoms with Crippen molar-refractivity contribution in [1.82, 2.24) is 0 Å². The van der Waals surface area contributed by atoms with Crippen LogP contribution in [0.3, 0.4) is 0 Å². The molecule has 1 saturated heterocycles. The first-order valence-electron chi connectivity index (χ1n) is 5.50. The Morgan fingerprint density at radius 3 is 2.73 bits per heavy atom. The predicted molar refractivity (Wildman–Crippen MR) is 65.3 cm³/mol. The molecule has 0 nitrogen and oxygen atoms in total. The van der Waals surface area contributed by atoms with Crippen LogP contribution in [-0.2, 0) is 6.42 Å². The van der Waals surface area contributed by atoms with E-state index in [4.69, 9.17) is 0 Å². The number of alkyl halides is 1. The molecule has 1 fully saturated rings. The highest BCUT2D eigenvalue weighted by Crippen LogP contribution is 2.33. The lowest BCUT2D eigenvalue weighted by Gasteiger charge is -2.29. The Kier molecular flexibility index (Phi) is 3.35. The third-order valence-electron chi connectivity index (χ3n) is 2.99. The van der Waals surface area contributed by atoms with Crippen molar-refractivity contribution in [2.75, 3.05) is 11.5 Å². The van der Waals surface area contributed by atoms with Crippen LogP contribution in [0, 0.1) is 6.92 Å². The number of hydrogen-bond acceptors (Lipinski definition) is 1. The maximum absolute atomic E-state index is 14.4. The van der Waals surface area contributed by atoms with Crippen molar-refractivity contribution in [3.8, 4) is 0 Å². The average Bonchev–Trinajstić information content (AvgIpc) is 2.18. The summed E-state index contributed by atoms with van der Waals surface area (Å²) in [5, 5.41) is 0. The van der Waals surface area contributed by atoms with Crippen molar-refractivity contribution in [3.63, 3.8) is 0 Å². The molecule has 1 aliphatic heterocycles. The highest BCUT2D eigenvalue weighted by atomic mass is 32.2. The van der Waals surface area contributed by atoms with Gasteiger partial charge >= 0.3 is 0 Å². The molecule has 1 aromatic rings. The van der Waals surface area contributed by atoms with Crippen molar-refractivity contribution in [2.45, 2.75) is 31.9 Å². The van der Waals surface area contributed by atoms with Gasteiger partial charge in [-0.3, -0.25) is 0 Å². The van der Waals surface area contributed by atoms with Gasteiger partial charge in [0, 0.05) is 6.42 Å². The third kappa shape index (κ3) is 2.97. The van der Waals surface area contributed by atoms with Crippen LogP contribution in [-0.4, -0.2) is 17.2 Å². The number of aryl methyl sites for hydroxylation is 1. The van der Waals surface area contributed by atoms with E-state index in [-0.39, 0.29) is 0 Å². The maximum atomic E-state index is 14.4. The lowest BCUT2D eigenvalue weighted by atomic mass is 9.90. The van der Waals surface area contributed by atoms with Gasteiger partial charge in [-0.2, -0.15) is 11.8 Å². The largest absolute Gasteiger partial charge is 0.243 e. The zero-order chi connectivity index (χ0) is 10.7. The van der Waals surface area contributed by atoms with Crippen molar-refractivity contribution in [2.24, 2.45) is 0 Å². The van der Waals surface area contributed by atoms with E-state index in [9.17, 15) is 4.39 Å². The van der Waals surface area contributed by atoms with Gasteiger partial charge in [-0.1, -0.05) is 29.8 Å². The first kappa shape index (κ1) is 11.0. The average molecular weight is 224 g/mol.